The minimum absolute atomic E-state index is 0.232. The first-order chi connectivity index (χ1) is 9.46. The van der Waals surface area contributed by atoms with Crippen molar-refractivity contribution >= 4 is 0 Å². The summed E-state index contributed by atoms with van der Waals surface area (Å²) >= 11 is 0. The van der Waals surface area contributed by atoms with Crippen LogP contribution in [-0.4, -0.2) is 34.2 Å². The first-order valence-corrected chi connectivity index (χ1v) is 5.74. The van der Waals surface area contributed by atoms with Gasteiger partial charge in [0.05, 0.1) is 6.54 Å². The van der Waals surface area contributed by atoms with Gasteiger partial charge in [0.15, 0.2) is 0 Å². The summed E-state index contributed by atoms with van der Waals surface area (Å²) in [5, 5.41) is 3.30. The van der Waals surface area contributed by atoms with E-state index in [0.29, 0.717) is 0 Å². The molecular weight excluding hydrogens is 276 g/mol. The Morgan fingerprint density at radius 3 is 3.20 bits per heavy atom. The van der Waals surface area contributed by atoms with E-state index in [0.717, 1.165) is 16.8 Å². The molecule has 0 unspecified atom stereocenters. The molecule has 1 fully saturated rings. The molecule has 2 atom stereocenters. The molecule has 0 amide bonds. The van der Waals surface area contributed by atoms with E-state index < -0.39 is 29.7 Å². The van der Waals surface area contributed by atoms with E-state index in [4.69, 9.17) is 15.0 Å². The van der Waals surface area contributed by atoms with Gasteiger partial charge >= 0.3 is 6.01 Å². The Bertz CT molecular complexity index is 657. The van der Waals surface area contributed by atoms with Crippen molar-refractivity contribution in [1.29, 1.82) is 0 Å². The Labute approximate surface area is 110 Å². The smallest absolute Gasteiger partial charge is 0.302 e. The molecule has 0 N–H and O–H groups in total. The van der Waals surface area contributed by atoms with Gasteiger partial charge in [-0.3, -0.25) is 9.36 Å². The van der Waals surface area contributed by atoms with Gasteiger partial charge in [0.25, 0.3) is 11.5 Å². The molecule has 10 heteroatoms. The zero-order chi connectivity index (χ0) is 14.4. The molecule has 1 saturated heterocycles. The lowest BCUT2D eigenvalue weighted by Crippen LogP contribution is -2.39. The van der Waals surface area contributed by atoms with Crippen LogP contribution in [0.1, 0.15) is 12.6 Å². The molecule has 2 bridgehead atoms. The predicted molar refractivity (Wildman–Crippen MR) is 60.4 cm³/mol. The molecule has 0 aromatic carbocycles. The van der Waals surface area contributed by atoms with Crippen LogP contribution in [0.4, 0.5) is 8.78 Å². The molecule has 8 nitrogen and oxygen atoms in total. The van der Waals surface area contributed by atoms with Crippen LogP contribution in [0.15, 0.2) is 22.2 Å². The number of ether oxygens (including phenoxy) is 2. The highest BCUT2D eigenvalue weighted by atomic mass is 19.3. The number of fused-ring (bicyclic) bond motifs is 4. The lowest BCUT2D eigenvalue weighted by Gasteiger charge is -2.24. The zero-order valence-electron chi connectivity index (χ0n) is 10.1. The fourth-order valence-electron chi connectivity index (χ4n) is 2.40. The van der Waals surface area contributed by atoms with Crippen LogP contribution in [0.2, 0.25) is 0 Å². The van der Waals surface area contributed by atoms with Crippen LogP contribution in [-0.2, 0) is 4.74 Å². The van der Waals surface area contributed by atoms with Crippen molar-refractivity contribution in [3.63, 3.8) is 0 Å². The molecule has 1 aromatic rings. The number of nitrogens with zero attached hydrogens (tertiary/aromatic N) is 5. The normalized spacial score (nSPS) is 29.8. The molecular formula is C10H9F2N5O3. The van der Waals surface area contributed by atoms with Crippen LogP contribution in [0.5, 0.6) is 6.01 Å². The van der Waals surface area contributed by atoms with Gasteiger partial charge in [0.1, 0.15) is 12.2 Å². The molecule has 2 aliphatic heterocycles. The molecule has 20 heavy (non-hydrogen) atoms. The number of hydrogen-bond donors (Lipinski definition) is 0. The molecule has 0 aliphatic carbocycles. The number of azide groups is 1. The molecule has 0 spiro atoms. The minimum atomic E-state index is -3.18. The first-order valence-electron chi connectivity index (χ1n) is 5.74. The highest BCUT2D eigenvalue weighted by Gasteiger charge is 2.60. The summed E-state index contributed by atoms with van der Waals surface area (Å²) in [5.41, 5.74) is 6.33. The topological polar surface area (TPSA) is 102 Å². The highest BCUT2D eigenvalue weighted by Crippen LogP contribution is 2.50. The minimum Gasteiger partial charge on any atom is -0.461 e. The van der Waals surface area contributed by atoms with Crippen molar-refractivity contribution in [1.82, 2.24) is 9.55 Å². The number of aromatic nitrogens is 2. The van der Waals surface area contributed by atoms with Crippen molar-refractivity contribution in [3.05, 3.63) is 33.1 Å². The van der Waals surface area contributed by atoms with Gasteiger partial charge < -0.3 is 9.47 Å². The Morgan fingerprint density at radius 2 is 2.45 bits per heavy atom. The summed E-state index contributed by atoms with van der Waals surface area (Å²) in [6, 6.07) is 0.815. The van der Waals surface area contributed by atoms with E-state index in [-0.39, 0.29) is 19.2 Å². The van der Waals surface area contributed by atoms with E-state index >= 15 is 0 Å². The van der Waals surface area contributed by atoms with Gasteiger partial charge in [0, 0.05) is 23.6 Å². The first kappa shape index (κ1) is 12.8. The van der Waals surface area contributed by atoms with Gasteiger partial charge in [0.2, 0.25) is 6.23 Å². The number of alkyl halides is 2. The molecule has 1 aromatic heterocycles. The maximum Gasteiger partial charge on any atom is 0.302 e. The van der Waals surface area contributed by atoms with Gasteiger partial charge in [-0.2, -0.15) is 4.98 Å². The van der Waals surface area contributed by atoms with E-state index in [9.17, 15) is 13.6 Å². The van der Waals surface area contributed by atoms with Crippen LogP contribution >= 0.6 is 0 Å². The van der Waals surface area contributed by atoms with Crippen LogP contribution in [0.25, 0.3) is 10.4 Å². The quantitative estimate of drug-likeness (QED) is 0.463. The van der Waals surface area contributed by atoms with E-state index in [1.165, 1.54) is 0 Å². The fraction of sp³-hybridized carbons (Fsp3) is 0.600. The maximum absolute atomic E-state index is 14.1. The number of hydrogen-bond acceptors (Lipinski definition) is 5. The summed E-state index contributed by atoms with van der Waals surface area (Å²) in [5.74, 6) is -3.18. The average Bonchev–Trinajstić information content (AvgIpc) is 2.55. The summed E-state index contributed by atoms with van der Waals surface area (Å²) in [6.45, 7) is -0.553. The summed E-state index contributed by atoms with van der Waals surface area (Å²) in [4.78, 5) is 17.3. The third kappa shape index (κ3) is 1.89. The van der Waals surface area contributed by atoms with Crippen molar-refractivity contribution < 1.29 is 18.3 Å². The Kier molecular flexibility index (Phi) is 2.66. The number of halogens is 2. The SMILES string of the molecule is [N-]=[N+]=NC[C@]12COc3nc(=O)ccn3[C@H](O1)C(F)(F)C2. The van der Waals surface area contributed by atoms with Gasteiger partial charge in [-0.05, 0) is 5.53 Å². The largest absolute Gasteiger partial charge is 0.461 e. The second-order valence-electron chi connectivity index (χ2n) is 4.72. The van der Waals surface area contributed by atoms with Gasteiger partial charge in [-0.1, -0.05) is 5.11 Å². The maximum atomic E-state index is 14.1. The highest BCUT2D eigenvalue weighted by molar-refractivity contribution is 5.10. The van der Waals surface area contributed by atoms with Crippen molar-refractivity contribution in [2.45, 2.75) is 24.2 Å². The summed E-state index contributed by atoms with van der Waals surface area (Å²) < 4.78 is 39.8. The molecule has 0 radical (unpaired) electrons. The van der Waals surface area contributed by atoms with E-state index in [1.807, 2.05) is 0 Å². The van der Waals surface area contributed by atoms with E-state index in [2.05, 4.69) is 15.0 Å². The standard InChI is InChI=1S/C10H9F2N5O3/c11-10(12)3-9(4-14-16-13)5-19-8-15-6(18)1-2-17(8)7(10)20-9/h1-2,7H,3-5H2/t7-,9-/m1/s1. The predicted octanol–water partition coefficient (Wildman–Crippen LogP) is 1.24. The molecule has 106 valence electrons. The molecule has 0 saturated carbocycles. The molecule has 3 heterocycles. The number of rotatable bonds is 2. The third-order valence-electron chi connectivity index (χ3n) is 3.22. The van der Waals surface area contributed by atoms with Crippen molar-refractivity contribution in [2.75, 3.05) is 13.2 Å². The monoisotopic (exact) mass is 285 g/mol. The summed E-state index contributed by atoms with van der Waals surface area (Å²) in [7, 11) is 0. The Balaban J connectivity index is 2.07. The average molecular weight is 285 g/mol. The van der Waals surface area contributed by atoms with Gasteiger partial charge in [-0.25, -0.2) is 8.78 Å². The molecule has 3 rings (SSSR count). The zero-order valence-corrected chi connectivity index (χ0v) is 10.1. The van der Waals surface area contributed by atoms with Crippen LogP contribution < -0.4 is 10.3 Å². The second-order valence-corrected chi connectivity index (χ2v) is 4.72. The van der Waals surface area contributed by atoms with Crippen LogP contribution in [0.3, 0.4) is 0 Å². The summed E-state index contributed by atoms with van der Waals surface area (Å²) in [6.07, 6.45) is -1.12. The van der Waals surface area contributed by atoms with Crippen LogP contribution in [0, 0.1) is 0 Å². The lowest BCUT2D eigenvalue weighted by atomic mass is 9.99. The third-order valence-corrected chi connectivity index (χ3v) is 3.22. The van der Waals surface area contributed by atoms with E-state index in [1.54, 1.807) is 0 Å². The second kappa shape index (κ2) is 4.15. The Morgan fingerprint density at radius 1 is 1.65 bits per heavy atom. The fourth-order valence-corrected chi connectivity index (χ4v) is 2.40. The van der Waals surface area contributed by atoms with Gasteiger partial charge in [-0.15, -0.1) is 0 Å². The van der Waals surface area contributed by atoms with Crippen molar-refractivity contribution in [3.8, 4) is 6.01 Å². The lowest BCUT2D eigenvalue weighted by molar-refractivity contribution is -0.127. The Hall–Kier alpha value is -2.19. The van der Waals surface area contributed by atoms with Crippen molar-refractivity contribution in [2.24, 2.45) is 5.11 Å². The molecule has 2 aliphatic rings.